The molecule has 1 saturated heterocycles. The number of pyridine rings is 1. The molecule has 2 aromatic heterocycles. The van der Waals surface area contributed by atoms with Crippen molar-refractivity contribution >= 4 is 28.2 Å². The Kier molecular flexibility index (Phi) is 4.80. The van der Waals surface area contributed by atoms with Crippen molar-refractivity contribution in [3.63, 3.8) is 0 Å². The number of nitriles is 1. The van der Waals surface area contributed by atoms with Crippen molar-refractivity contribution in [2.75, 3.05) is 20.1 Å². The molecule has 0 bridgehead atoms. The van der Waals surface area contributed by atoms with Crippen LogP contribution in [-0.4, -0.2) is 45.8 Å². The second kappa shape index (κ2) is 7.41. The van der Waals surface area contributed by atoms with Crippen LogP contribution in [-0.2, 0) is 6.54 Å². The molecule has 1 aliphatic heterocycles. The minimum absolute atomic E-state index is 0.322. The van der Waals surface area contributed by atoms with Crippen LogP contribution in [0.4, 0.5) is 0 Å². The Morgan fingerprint density at radius 3 is 3.00 bits per heavy atom. The molecule has 4 rings (SSSR count). The Hall–Kier alpha value is -3.24. The highest BCUT2D eigenvalue weighted by Gasteiger charge is 2.26. The number of hydrogen-bond donors (Lipinski definition) is 1. The number of aromatic nitrogens is 3. The monoisotopic (exact) mass is 373 g/mol. The average Bonchev–Trinajstić information content (AvgIpc) is 3.30. The molecule has 1 unspecified atom stereocenters. The van der Waals surface area contributed by atoms with Crippen molar-refractivity contribution in [2.45, 2.75) is 25.9 Å². The smallest absolute Gasteiger partial charge is 0.132 e. The van der Waals surface area contributed by atoms with E-state index in [9.17, 15) is 5.26 Å². The largest absolute Gasteiger partial charge is 0.404 e. The van der Waals surface area contributed by atoms with E-state index >= 15 is 0 Å². The molecular formula is C21H23N7. The zero-order valence-electron chi connectivity index (χ0n) is 16.1. The van der Waals surface area contributed by atoms with Crippen LogP contribution in [0.25, 0.3) is 21.9 Å². The second-order valence-electron chi connectivity index (χ2n) is 7.32. The molecular weight excluding hydrogens is 350 g/mol. The fourth-order valence-corrected chi connectivity index (χ4v) is 3.84. The Labute approximate surface area is 163 Å². The maximum Gasteiger partial charge on any atom is 0.132 e. The molecule has 2 N–H and O–H groups in total. The van der Waals surface area contributed by atoms with Gasteiger partial charge in [0, 0.05) is 24.2 Å². The van der Waals surface area contributed by atoms with Gasteiger partial charge in [-0.25, -0.2) is 4.98 Å². The molecule has 1 fully saturated rings. The van der Waals surface area contributed by atoms with E-state index in [0.717, 1.165) is 52.8 Å². The molecule has 142 valence electrons. The summed E-state index contributed by atoms with van der Waals surface area (Å²) in [5.74, 6) is 0.910. The molecule has 7 heteroatoms. The predicted molar refractivity (Wildman–Crippen MR) is 111 cm³/mol. The van der Waals surface area contributed by atoms with E-state index in [4.69, 9.17) is 10.7 Å². The van der Waals surface area contributed by atoms with E-state index in [1.54, 1.807) is 18.5 Å². The number of imidazole rings is 1. The van der Waals surface area contributed by atoms with Gasteiger partial charge in [-0.2, -0.15) is 5.26 Å². The van der Waals surface area contributed by atoms with Crippen molar-refractivity contribution < 1.29 is 0 Å². The van der Waals surface area contributed by atoms with Crippen LogP contribution in [0, 0.1) is 11.3 Å². The number of aliphatic imine (C=N–C) groups is 1. The van der Waals surface area contributed by atoms with Gasteiger partial charge in [-0.3, -0.25) is 9.98 Å². The summed E-state index contributed by atoms with van der Waals surface area (Å²) in [4.78, 5) is 16.2. The van der Waals surface area contributed by atoms with Gasteiger partial charge in [-0.15, -0.1) is 0 Å². The van der Waals surface area contributed by atoms with Gasteiger partial charge >= 0.3 is 0 Å². The first-order valence-electron chi connectivity index (χ1n) is 9.37. The third kappa shape index (κ3) is 3.23. The third-order valence-electron chi connectivity index (χ3n) is 5.24. The number of nitrogens with two attached hydrogens (primary N) is 1. The summed E-state index contributed by atoms with van der Waals surface area (Å²) in [6.45, 7) is 4.40. The van der Waals surface area contributed by atoms with E-state index < -0.39 is 0 Å². The van der Waals surface area contributed by atoms with Crippen molar-refractivity contribution in [3.05, 3.63) is 47.6 Å². The van der Waals surface area contributed by atoms with E-state index in [2.05, 4.69) is 32.6 Å². The summed E-state index contributed by atoms with van der Waals surface area (Å²) >= 11 is 0. The summed E-state index contributed by atoms with van der Waals surface area (Å²) in [5.41, 5.74) is 9.82. The minimum Gasteiger partial charge on any atom is -0.404 e. The third-order valence-corrected chi connectivity index (χ3v) is 5.24. The Morgan fingerprint density at radius 2 is 2.29 bits per heavy atom. The number of rotatable bonds is 4. The second-order valence-corrected chi connectivity index (χ2v) is 7.32. The fraction of sp³-hybridized carbons (Fsp3) is 0.333. The van der Waals surface area contributed by atoms with Crippen LogP contribution in [0.2, 0.25) is 0 Å². The molecule has 1 atom stereocenters. The first-order valence-corrected chi connectivity index (χ1v) is 9.37. The molecule has 0 saturated carbocycles. The number of likely N-dealkylation sites (tertiary alicyclic amines) is 1. The van der Waals surface area contributed by atoms with E-state index in [-0.39, 0.29) is 0 Å². The van der Waals surface area contributed by atoms with Crippen molar-refractivity contribution in [2.24, 2.45) is 10.7 Å². The van der Waals surface area contributed by atoms with Crippen molar-refractivity contribution in [3.8, 4) is 6.07 Å². The van der Waals surface area contributed by atoms with Gasteiger partial charge < -0.3 is 15.2 Å². The summed E-state index contributed by atoms with van der Waals surface area (Å²) in [7, 11) is 2.14. The molecule has 7 nitrogen and oxygen atoms in total. The molecule has 3 aromatic rings. The normalized spacial score (nSPS) is 18.5. The Balaban J connectivity index is 1.92. The maximum absolute atomic E-state index is 9.35. The van der Waals surface area contributed by atoms with Crippen LogP contribution < -0.4 is 5.73 Å². The molecule has 0 radical (unpaired) electrons. The summed E-state index contributed by atoms with van der Waals surface area (Å²) in [6.07, 6.45) is 6.19. The van der Waals surface area contributed by atoms with Crippen LogP contribution in [0.3, 0.4) is 0 Å². The highest BCUT2D eigenvalue weighted by molar-refractivity contribution is 6.02. The van der Waals surface area contributed by atoms with Crippen LogP contribution >= 0.6 is 0 Å². The fourth-order valence-electron chi connectivity index (χ4n) is 3.84. The van der Waals surface area contributed by atoms with Crippen LogP contribution in [0.15, 0.2) is 41.2 Å². The zero-order chi connectivity index (χ0) is 19.7. The van der Waals surface area contributed by atoms with E-state index in [0.29, 0.717) is 18.2 Å². The van der Waals surface area contributed by atoms with Gasteiger partial charge in [-0.05, 0) is 56.9 Å². The lowest BCUT2D eigenvalue weighted by atomic mass is 10.1. The molecule has 0 amide bonds. The number of benzene rings is 1. The van der Waals surface area contributed by atoms with Gasteiger partial charge in [0.1, 0.15) is 11.3 Å². The molecule has 1 aliphatic rings. The average molecular weight is 373 g/mol. The number of nitrogens with zero attached hydrogens (tertiary/aromatic N) is 6. The van der Waals surface area contributed by atoms with Gasteiger partial charge in [0.25, 0.3) is 0 Å². The predicted octanol–water partition coefficient (Wildman–Crippen LogP) is 2.77. The standard InChI is InChI=1S/C21H23N7/c1-14(8-22)10-24-12-20-26-19-11-25-18-4-3-15(9-23)7-17(18)21(19)28(20)16-5-6-27(2)13-16/h3-4,7-8,10-11,16H,5-6,12-13,22H2,1-2H3. The molecule has 3 heterocycles. The van der Waals surface area contributed by atoms with E-state index in [1.165, 1.54) is 0 Å². The summed E-state index contributed by atoms with van der Waals surface area (Å²) in [6, 6.07) is 8.17. The lowest BCUT2D eigenvalue weighted by Crippen LogP contribution is -2.18. The number of likely N-dealkylation sites (N-methyl/N-ethyl adjacent to an activating group) is 1. The molecule has 1 aromatic carbocycles. The van der Waals surface area contributed by atoms with Crippen molar-refractivity contribution in [1.82, 2.24) is 19.4 Å². The highest BCUT2D eigenvalue weighted by atomic mass is 15.2. The zero-order valence-corrected chi connectivity index (χ0v) is 16.1. The van der Waals surface area contributed by atoms with Gasteiger partial charge in [0.05, 0.1) is 35.4 Å². The number of hydrogen-bond acceptors (Lipinski definition) is 6. The molecule has 28 heavy (non-hydrogen) atoms. The van der Waals surface area contributed by atoms with Crippen LogP contribution in [0.5, 0.6) is 0 Å². The minimum atomic E-state index is 0.322. The summed E-state index contributed by atoms with van der Waals surface area (Å²) in [5, 5.41) is 10.3. The Morgan fingerprint density at radius 1 is 1.43 bits per heavy atom. The first kappa shape index (κ1) is 18.1. The SMILES string of the molecule is CC(C=NCc1nc2cnc3ccc(C#N)cc3c2n1C1CCN(C)C1)=CN. The molecule has 0 aliphatic carbocycles. The van der Waals surface area contributed by atoms with Gasteiger partial charge in [-0.1, -0.05) is 0 Å². The van der Waals surface area contributed by atoms with Crippen LogP contribution in [0.1, 0.15) is 30.8 Å². The topological polar surface area (TPSA) is 96.1 Å². The Bertz CT molecular complexity index is 1130. The number of fused-ring (bicyclic) bond motifs is 3. The summed E-state index contributed by atoms with van der Waals surface area (Å²) < 4.78 is 2.31. The quantitative estimate of drug-likeness (QED) is 0.710. The lowest BCUT2D eigenvalue weighted by molar-refractivity contribution is 0.392. The lowest BCUT2D eigenvalue weighted by Gasteiger charge is -2.17. The van der Waals surface area contributed by atoms with Gasteiger partial charge in [0.2, 0.25) is 0 Å². The van der Waals surface area contributed by atoms with E-state index in [1.807, 2.05) is 25.3 Å². The number of allylic oxidation sites excluding steroid dienone is 1. The first-order chi connectivity index (χ1) is 13.6. The molecule has 0 spiro atoms. The van der Waals surface area contributed by atoms with Crippen molar-refractivity contribution in [1.29, 1.82) is 5.26 Å². The highest BCUT2D eigenvalue weighted by Crippen LogP contribution is 2.32. The van der Waals surface area contributed by atoms with Gasteiger partial charge in [0.15, 0.2) is 0 Å². The maximum atomic E-state index is 9.35.